The summed E-state index contributed by atoms with van der Waals surface area (Å²) in [5, 5.41) is 2.69. The van der Waals surface area contributed by atoms with Crippen LogP contribution in [0.4, 0.5) is 5.69 Å². The molecular formula is C17H15BrN2O2. The largest absolute Gasteiger partial charge is 0.366 e. The third-order valence-corrected chi connectivity index (χ3v) is 3.67. The first kappa shape index (κ1) is 16.0. The van der Waals surface area contributed by atoms with Gasteiger partial charge in [0.2, 0.25) is 11.8 Å². The van der Waals surface area contributed by atoms with Crippen molar-refractivity contribution in [2.75, 3.05) is 5.32 Å². The van der Waals surface area contributed by atoms with Gasteiger partial charge in [-0.25, -0.2) is 0 Å². The number of halogens is 1. The highest BCUT2D eigenvalue weighted by molar-refractivity contribution is 9.10. The number of primary amides is 1. The smallest absolute Gasteiger partial charge is 0.248 e. The van der Waals surface area contributed by atoms with Crippen LogP contribution >= 0.6 is 15.9 Å². The van der Waals surface area contributed by atoms with Gasteiger partial charge < -0.3 is 11.1 Å². The second kappa shape index (κ2) is 7.04. The van der Waals surface area contributed by atoms with Gasteiger partial charge in [0.05, 0.1) is 0 Å². The van der Waals surface area contributed by atoms with Gasteiger partial charge >= 0.3 is 0 Å². The molecule has 5 heteroatoms. The second-order valence-corrected chi connectivity index (χ2v) is 5.65. The standard InChI is InChI=1S/C17H15BrN2O2/c1-11-5-6-12(15(18)9-11)7-8-16(21)20-14-4-2-3-13(10-14)17(19)22/h2-10H,1H3,(H2,19,22)(H,20,21). The van der Waals surface area contributed by atoms with E-state index in [1.165, 1.54) is 12.1 Å². The number of benzene rings is 2. The fraction of sp³-hybridized carbons (Fsp3) is 0.0588. The molecule has 0 bridgehead atoms. The van der Waals surface area contributed by atoms with Gasteiger partial charge in [-0.1, -0.05) is 34.1 Å². The van der Waals surface area contributed by atoms with E-state index < -0.39 is 5.91 Å². The first-order chi connectivity index (χ1) is 10.5. The molecule has 2 aromatic carbocycles. The average molecular weight is 359 g/mol. The summed E-state index contributed by atoms with van der Waals surface area (Å²) in [7, 11) is 0. The maximum Gasteiger partial charge on any atom is 0.248 e. The summed E-state index contributed by atoms with van der Waals surface area (Å²) in [6, 6.07) is 12.4. The molecule has 2 rings (SSSR count). The number of rotatable bonds is 4. The summed E-state index contributed by atoms with van der Waals surface area (Å²) in [4.78, 5) is 23.0. The average Bonchev–Trinajstić information content (AvgIpc) is 2.46. The van der Waals surface area contributed by atoms with Gasteiger partial charge in [0.25, 0.3) is 0 Å². The van der Waals surface area contributed by atoms with Crippen LogP contribution in [0.2, 0.25) is 0 Å². The Balaban J connectivity index is 2.08. The number of amides is 2. The van der Waals surface area contributed by atoms with Crippen molar-refractivity contribution in [3.05, 3.63) is 69.7 Å². The van der Waals surface area contributed by atoms with Crippen molar-refractivity contribution in [2.45, 2.75) is 6.92 Å². The van der Waals surface area contributed by atoms with Gasteiger partial charge in [0.15, 0.2) is 0 Å². The fourth-order valence-corrected chi connectivity index (χ4v) is 2.49. The lowest BCUT2D eigenvalue weighted by Crippen LogP contribution is -2.12. The van der Waals surface area contributed by atoms with Gasteiger partial charge in [-0.2, -0.15) is 0 Å². The van der Waals surface area contributed by atoms with Crippen LogP contribution in [-0.4, -0.2) is 11.8 Å². The molecule has 112 valence electrons. The van der Waals surface area contributed by atoms with Gasteiger partial charge in [-0.3, -0.25) is 9.59 Å². The van der Waals surface area contributed by atoms with Crippen molar-refractivity contribution in [1.29, 1.82) is 0 Å². The lowest BCUT2D eigenvalue weighted by atomic mass is 10.1. The Morgan fingerprint density at radius 1 is 1.18 bits per heavy atom. The zero-order valence-electron chi connectivity index (χ0n) is 12.0. The molecule has 2 aromatic rings. The Labute approximate surface area is 137 Å². The van der Waals surface area contributed by atoms with E-state index >= 15 is 0 Å². The first-order valence-corrected chi connectivity index (χ1v) is 7.40. The second-order valence-electron chi connectivity index (χ2n) is 4.79. The maximum atomic E-state index is 11.9. The molecule has 4 nitrogen and oxygen atoms in total. The van der Waals surface area contributed by atoms with E-state index in [4.69, 9.17) is 5.73 Å². The zero-order valence-corrected chi connectivity index (χ0v) is 13.6. The van der Waals surface area contributed by atoms with E-state index in [1.54, 1.807) is 24.3 Å². The summed E-state index contributed by atoms with van der Waals surface area (Å²) in [5.74, 6) is -0.815. The van der Waals surface area contributed by atoms with Crippen LogP contribution in [0.3, 0.4) is 0 Å². The number of aryl methyl sites for hydroxylation is 1. The van der Waals surface area contributed by atoms with Crippen molar-refractivity contribution < 1.29 is 9.59 Å². The van der Waals surface area contributed by atoms with Crippen LogP contribution < -0.4 is 11.1 Å². The molecule has 0 radical (unpaired) electrons. The summed E-state index contributed by atoms with van der Waals surface area (Å²) in [6.45, 7) is 2.00. The van der Waals surface area contributed by atoms with Crippen LogP contribution in [0.25, 0.3) is 6.08 Å². The highest BCUT2D eigenvalue weighted by Crippen LogP contribution is 2.19. The minimum absolute atomic E-state index is 0.283. The topological polar surface area (TPSA) is 72.2 Å². The molecular weight excluding hydrogens is 344 g/mol. The maximum absolute atomic E-state index is 11.9. The summed E-state index contributed by atoms with van der Waals surface area (Å²) in [6.07, 6.45) is 3.16. The lowest BCUT2D eigenvalue weighted by Gasteiger charge is -2.04. The molecule has 0 saturated carbocycles. The molecule has 3 N–H and O–H groups in total. The minimum atomic E-state index is -0.532. The van der Waals surface area contributed by atoms with E-state index in [1.807, 2.05) is 25.1 Å². The molecule has 0 heterocycles. The van der Waals surface area contributed by atoms with Gasteiger partial charge in [-0.05, 0) is 48.4 Å². The van der Waals surface area contributed by atoms with Crippen LogP contribution in [0.1, 0.15) is 21.5 Å². The Hall–Kier alpha value is -2.40. The zero-order chi connectivity index (χ0) is 16.1. The van der Waals surface area contributed by atoms with E-state index in [2.05, 4.69) is 21.2 Å². The number of nitrogens with two attached hydrogens (primary N) is 1. The quantitative estimate of drug-likeness (QED) is 0.820. The number of hydrogen-bond donors (Lipinski definition) is 2. The first-order valence-electron chi connectivity index (χ1n) is 6.61. The van der Waals surface area contributed by atoms with Crippen molar-refractivity contribution in [1.82, 2.24) is 0 Å². The van der Waals surface area contributed by atoms with Crippen molar-refractivity contribution in [3.63, 3.8) is 0 Å². The normalized spacial score (nSPS) is 10.6. The molecule has 2 amide bonds. The molecule has 0 aliphatic carbocycles. The molecule has 0 atom stereocenters. The number of hydrogen-bond acceptors (Lipinski definition) is 2. The van der Waals surface area contributed by atoms with Crippen LogP contribution in [0, 0.1) is 6.92 Å². The summed E-state index contributed by atoms with van der Waals surface area (Å²) < 4.78 is 0.923. The van der Waals surface area contributed by atoms with Gasteiger partial charge in [0.1, 0.15) is 0 Å². The number of nitrogens with one attached hydrogen (secondary N) is 1. The molecule has 22 heavy (non-hydrogen) atoms. The molecule has 0 spiro atoms. The molecule has 0 aliphatic rings. The van der Waals surface area contributed by atoms with E-state index in [-0.39, 0.29) is 5.91 Å². The molecule has 0 fully saturated rings. The molecule has 0 aliphatic heterocycles. The predicted octanol–water partition coefficient (Wildman–Crippen LogP) is 3.51. The lowest BCUT2D eigenvalue weighted by molar-refractivity contribution is -0.111. The highest BCUT2D eigenvalue weighted by Gasteiger charge is 2.03. The third kappa shape index (κ3) is 4.30. The molecule has 0 saturated heterocycles. The van der Waals surface area contributed by atoms with Crippen LogP contribution in [-0.2, 0) is 4.79 Å². The van der Waals surface area contributed by atoms with E-state index in [0.717, 1.165) is 15.6 Å². The third-order valence-electron chi connectivity index (χ3n) is 2.98. The minimum Gasteiger partial charge on any atom is -0.366 e. The Kier molecular flexibility index (Phi) is 5.12. The number of carbonyl (C=O) groups is 2. The Morgan fingerprint density at radius 3 is 2.64 bits per heavy atom. The van der Waals surface area contributed by atoms with Gasteiger partial charge in [-0.15, -0.1) is 0 Å². The van der Waals surface area contributed by atoms with Crippen molar-refractivity contribution in [3.8, 4) is 0 Å². The Morgan fingerprint density at radius 2 is 1.95 bits per heavy atom. The SMILES string of the molecule is Cc1ccc(C=CC(=O)Nc2cccc(C(N)=O)c2)c(Br)c1. The van der Waals surface area contributed by atoms with Crippen molar-refractivity contribution >= 4 is 39.5 Å². The fourth-order valence-electron chi connectivity index (χ4n) is 1.87. The van der Waals surface area contributed by atoms with Gasteiger partial charge in [0, 0.05) is 21.8 Å². The molecule has 0 aromatic heterocycles. The highest BCUT2D eigenvalue weighted by atomic mass is 79.9. The molecule has 0 unspecified atom stereocenters. The van der Waals surface area contributed by atoms with E-state index in [9.17, 15) is 9.59 Å². The number of carbonyl (C=O) groups excluding carboxylic acids is 2. The summed E-state index contributed by atoms with van der Waals surface area (Å²) in [5.41, 5.74) is 8.12. The van der Waals surface area contributed by atoms with E-state index in [0.29, 0.717) is 11.3 Å². The Bertz CT molecular complexity index is 754. The monoisotopic (exact) mass is 358 g/mol. The van der Waals surface area contributed by atoms with Crippen LogP contribution in [0.15, 0.2) is 53.0 Å². The predicted molar refractivity (Wildman–Crippen MR) is 91.5 cm³/mol. The summed E-state index contributed by atoms with van der Waals surface area (Å²) >= 11 is 3.46. The number of anilines is 1. The van der Waals surface area contributed by atoms with Crippen molar-refractivity contribution in [2.24, 2.45) is 5.73 Å². The van der Waals surface area contributed by atoms with Crippen LogP contribution in [0.5, 0.6) is 0 Å².